The number of hydrogen-bond acceptors (Lipinski definition) is 5. The number of ether oxygens (including phenoxy) is 3. The van der Waals surface area contributed by atoms with Crippen molar-refractivity contribution in [1.82, 2.24) is 5.32 Å². The molecule has 2 aromatic carbocycles. The smallest absolute Gasteiger partial charge is 0.224 e. The molecule has 1 fully saturated rings. The maximum atomic E-state index is 11.5. The molecule has 2 aliphatic heterocycles. The zero-order valence-corrected chi connectivity index (χ0v) is 17.8. The highest BCUT2D eigenvalue weighted by Gasteiger charge is 2.40. The third kappa shape index (κ3) is 4.79. The number of carbonyl (C=O) groups is 1. The predicted octanol–water partition coefficient (Wildman–Crippen LogP) is 3.89. The standard InChI is InChI=1S/C25H30N2O4/c28-24-9-7-17-6-8-19(15-22(17)27-24)29-11-2-1-10-26-16-18-14-21(18)20-4-3-5-23-25(20)31-13-12-30-23/h3-6,8,15,18,21,26H,1-2,7,9-14,16H2,(H,27,28). The lowest BCUT2D eigenvalue weighted by Gasteiger charge is -2.21. The van der Waals surface area contributed by atoms with Gasteiger partial charge < -0.3 is 24.8 Å². The number of rotatable bonds is 9. The summed E-state index contributed by atoms with van der Waals surface area (Å²) in [5.41, 5.74) is 3.38. The Morgan fingerprint density at radius 3 is 3.00 bits per heavy atom. The summed E-state index contributed by atoms with van der Waals surface area (Å²) < 4.78 is 17.4. The summed E-state index contributed by atoms with van der Waals surface area (Å²) in [6.45, 7) is 4.01. The third-order valence-electron chi connectivity index (χ3n) is 6.32. The molecular formula is C25H30N2O4. The molecule has 0 spiro atoms. The molecule has 2 unspecified atom stereocenters. The van der Waals surface area contributed by atoms with Crippen LogP contribution in [-0.2, 0) is 11.2 Å². The molecule has 5 rings (SSSR count). The summed E-state index contributed by atoms with van der Waals surface area (Å²) in [5.74, 6) is 4.02. The lowest BCUT2D eigenvalue weighted by Crippen LogP contribution is -2.20. The summed E-state index contributed by atoms with van der Waals surface area (Å²) in [5, 5.41) is 6.52. The van der Waals surface area contributed by atoms with Gasteiger partial charge in [-0.1, -0.05) is 18.2 Å². The fourth-order valence-electron chi connectivity index (χ4n) is 4.51. The fourth-order valence-corrected chi connectivity index (χ4v) is 4.51. The highest BCUT2D eigenvalue weighted by Crippen LogP contribution is 2.52. The first-order chi connectivity index (χ1) is 15.3. The maximum absolute atomic E-state index is 11.5. The summed E-state index contributed by atoms with van der Waals surface area (Å²) in [7, 11) is 0. The molecule has 3 aliphatic rings. The van der Waals surface area contributed by atoms with Crippen LogP contribution < -0.4 is 24.8 Å². The maximum Gasteiger partial charge on any atom is 0.224 e. The van der Waals surface area contributed by atoms with Crippen LogP contribution in [-0.4, -0.2) is 38.8 Å². The van der Waals surface area contributed by atoms with E-state index < -0.39 is 0 Å². The molecule has 1 aliphatic carbocycles. The number of nitrogens with one attached hydrogen (secondary N) is 2. The minimum atomic E-state index is 0.0848. The van der Waals surface area contributed by atoms with E-state index >= 15 is 0 Å². The van der Waals surface area contributed by atoms with E-state index in [0.717, 1.165) is 55.3 Å². The van der Waals surface area contributed by atoms with Gasteiger partial charge in [-0.25, -0.2) is 0 Å². The zero-order chi connectivity index (χ0) is 21.0. The van der Waals surface area contributed by atoms with Crippen molar-refractivity contribution in [3.05, 3.63) is 47.5 Å². The van der Waals surface area contributed by atoms with Gasteiger partial charge >= 0.3 is 0 Å². The minimum absolute atomic E-state index is 0.0848. The van der Waals surface area contributed by atoms with Crippen molar-refractivity contribution in [3.63, 3.8) is 0 Å². The highest BCUT2D eigenvalue weighted by molar-refractivity contribution is 5.94. The van der Waals surface area contributed by atoms with Crippen molar-refractivity contribution in [3.8, 4) is 17.2 Å². The van der Waals surface area contributed by atoms with Crippen molar-refractivity contribution in [2.45, 2.75) is 38.0 Å². The van der Waals surface area contributed by atoms with Crippen molar-refractivity contribution in [2.75, 3.05) is 38.2 Å². The number of para-hydroxylation sites is 1. The Labute approximate surface area is 183 Å². The van der Waals surface area contributed by atoms with Crippen molar-refractivity contribution in [1.29, 1.82) is 0 Å². The van der Waals surface area contributed by atoms with E-state index in [2.05, 4.69) is 28.8 Å². The lowest BCUT2D eigenvalue weighted by atomic mass is 10.0. The van der Waals surface area contributed by atoms with Gasteiger partial charge in [0.15, 0.2) is 11.5 Å². The fraction of sp³-hybridized carbons (Fsp3) is 0.480. The van der Waals surface area contributed by atoms with Crippen LogP contribution in [0, 0.1) is 5.92 Å². The van der Waals surface area contributed by atoms with E-state index in [1.54, 1.807) is 0 Å². The molecule has 2 atom stereocenters. The minimum Gasteiger partial charge on any atom is -0.494 e. The number of anilines is 1. The van der Waals surface area contributed by atoms with E-state index in [1.807, 2.05) is 18.2 Å². The first-order valence-corrected chi connectivity index (χ1v) is 11.4. The number of carbonyl (C=O) groups excluding carboxylic acids is 1. The van der Waals surface area contributed by atoms with Gasteiger partial charge in [-0.3, -0.25) is 4.79 Å². The molecular weight excluding hydrogens is 392 g/mol. The molecule has 1 amide bonds. The summed E-state index contributed by atoms with van der Waals surface area (Å²) in [4.78, 5) is 11.5. The number of benzene rings is 2. The number of aryl methyl sites for hydroxylation is 1. The molecule has 0 bridgehead atoms. The van der Waals surface area contributed by atoms with Crippen molar-refractivity contribution >= 4 is 11.6 Å². The topological polar surface area (TPSA) is 68.8 Å². The largest absolute Gasteiger partial charge is 0.494 e. The Balaban J connectivity index is 0.984. The molecule has 1 saturated carbocycles. The Kier molecular flexibility index (Phi) is 5.98. The van der Waals surface area contributed by atoms with Gasteiger partial charge in [0.2, 0.25) is 5.91 Å². The first-order valence-electron chi connectivity index (χ1n) is 11.4. The van der Waals surface area contributed by atoms with Crippen LogP contribution in [0.2, 0.25) is 0 Å². The summed E-state index contributed by atoms with van der Waals surface area (Å²) in [6.07, 6.45) is 4.67. The Hall–Kier alpha value is -2.73. The predicted molar refractivity (Wildman–Crippen MR) is 119 cm³/mol. The monoisotopic (exact) mass is 422 g/mol. The molecule has 6 heteroatoms. The highest BCUT2D eigenvalue weighted by atomic mass is 16.6. The second kappa shape index (κ2) is 9.18. The van der Waals surface area contributed by atoms with Gasteiger partial charge in [0.05, 0.1) is 6.61 Å². The summed E-state index contributed by atoms with van der Waals surface area (Å²) >= 11 is 0. The van der Waals surface area contributed by atoms with E-state index in [0.29, 0.717) is 38.1 Å². The molecule has 6 nitrogen and oxygen atoms in total. The zero-order valence-electron chi connectivity index (χ0n) is 17.8. The van der Waals surface area contributed by atoms with Crippen molar-refractivity contribution < 1.29 is 19.0 Å². The molecule has 0 saturated heterocycles. The van der Waals surface area contributed by atoms with Crippen LogP contribution in [0.3, 0.4) is 0 Å². The Morgan fingerprint density at radius 2 is 2.03 bits per heavy atom. The quantitative estimate of drug-likeness (QED) is 0.600. The van der Waals surface area contributed by atoms with Crippen LogP contribution in [0.15, 0.2) is 36.4 Å². The molecule has 2 N–H and O–H groups in total. The lowest BCUT2D eigenvalue weighted by molar-refractivity contribution is -0.116. The van der Waals surface area contributed by atoms with Gasteiger partial charge in [0.1, 0.15) is 19.0 Å². The molecule has 2 aromatic rings. The van der Waals surface area contributed by atoms with Gasteiger partial charge in [-0.15, -0.1) is 0 Å². The molecule has 0 aromatic heterocycles. The first kappa shape index (κ1) is 20.2. The second-order valence-electron chi connectivity index (χ2n) is 8.60. The van der Waals surface area contributed by atoms with Gasteiger partial charge in [0, 0.05) is 23.7 Å². The normalized spacial score (nSPS) is 21.2. The molecule has 31 heavy (non-hydrogen) atoms. The van der Waals surface area contributed by atoms with Crippen molar-refractivity contribution in [2.24, 2.45) is 5.92 Å². The SMILES string of the molecule is O=C1CCc2ccc(OCCCCNCC3CC3c3cccc4c3OCCO4)cc2N1. The number of amides is 1. The van der Waals surface area contributed by atoms with E-state index in [1.165, 1.54) is 17.5 Å². The van der Waals surface area contributed by atoms with Crippen LogP contribution in [0.1, 0.15) is 42.7 Å². The molecule has 0 radical (unpaired) electrons. The van der Waals surface area contributed by atoms with Gasteiger partial charge in [-0.2, -0.15) is 0 Å². The van der Waals surface area contributed by atoms with E-state index in [4.69, 9.17) is 14.2 Å². The van der Waals surface area contributed by atoms with Gasteiger partial charge in [-0.05, 0) is 68.3 Å². The van der Waals surface area contributed by atoms with Crippen LogP contribution in [0.25, 0.3) is 0 Å². The molecule has 164 valence electrons. The van der Waals surface area contributed by atoms with Crippen LogP contribution in [0.5, 0.6) is 17.2 Å². The molecule has 2 heterocycles. The van der Waals surface area contributed by atoms with E-state index in [9.17, 15) is 4.79 Å². The Bertz CT molecular complexity index is 945. The summed E-state index contributed by atoms with van der Waals surface area (Å²) in [6, 6.07) is 12.2. The third-order valence-corrected chi connectivity index (χ3v) is 6.32. The number of unbranched alkanes of at least 4 members (excludes halogenated alkanes) is 1. The van der Waals surface area contributed by atoms with Gasteiger partial charge in [0.25, 0.3) is 0 Å². The second-order valence-corrected chi connectivity index (χ2v) is 8.60. The van der Waals surface area contributed by atoms with Crippen LogP contribution in [0.4, 0.5) is 5.69 Å². The van der Waals surface area contributed by atoms with Crippen LogP contribution >= 0.6 is 0 Å². The average Bonchev–Trinajstić information content (AvgIpc) is 3.57. The number of fused-ring (bicyclic) bond motifs is 2. The van der Waals surface area contributed by atoms with E-state index in [-0.39, 0.29) is 5.91 Å². The average molecular weight is 423 g/mol. The Morgan fingerprint density at radius 1 is 1.10 bits per heavy atom. The number of hydrogen-bond donors (Lipinski definition) is 2.